The van der Waals surface area contributed by atoms with Crippen LogP contribution in [0.15, 0.2) is 71.3 Å². The predicted molar refractivity (Wildman–Crippen MR) is 75.9 cm³/mol. The molecule has 0 unspecified atom stereocenters. The fourth-order valence-corrected chi connectivity index (χ4v) is 2.99. The van der Waals surface area contributed by atoms with Gasteiger partial charge in [0.2, 0.25) is 0 Å². The molecule has 0 radical (unpaired) electrons. The Morgan fingerprint density at radius 3 is 2.89 bits per heavy atom. The first kappa shape index (κ1) is 9.84. The van der Waals surface area contributed by atoms with Gasteiger partial charge in [-0.15, -0.1) is 0 Å². The van der Waals surface area contributed by atoms with E-state index in [-0.39, 0.29) is 0 Å². The smallest absolute Gasteiger partial charge is 0.0701 e. The monoisotopic (exact) mass is 231 g/mol. The lowest BCUT2D eigenvalue weighted by atomic mass is 9.73. The maximum atomic E-state index is 4.62. The fourth-order valence-electron chi connectivity index (χ4n) is 2.99. The minimum Gasteiger partial charge on any atom is -0.260 e. The quantitative estimate of drug-likeness (QED) is 0.638. The number of rotatable bonds is 0. The second kappa shape index (κ2) is 3.67. The zero-order valence-electron chi connectivity index (χ0n) is 9.95. The summed E-state index contributed by atoms with van der Waals surface area (Å²) < 4.78 is 0. The van der Waals surface area contributed by atoms with E-state index < -0.39 is 0 Å². The molecule has 1 heterocycles. The van der Waals surface area contributed by atoms with Crippen molar-refractivity contribution in [3.05, 3.63) is 71.9 Å². The molecule has 0 spiro atoms. The topological polar surface area (TPSA) is 12.4 Å². The molecular weight excluding hydrogens is 218 g/mol. The van der Waals surface area contributed by atoms with Gasteiger partial charge >= 0.3 is 0 Å². The number of allylic oxidation sites excluding steroid dienone is 8. The van der Waals surface area contributed by atoms with E-state index in [2.05, 4.69) is 65.9 Å². The Labute approximate surface area is 107 Å². The Bertz CT molecular complexity index is 656. The van der Waals surface area contributed by atoms with E-state index in [1.807, 2.05) is 6.07 Å². The molecule has 1 aliphatic heterocycles. The van der Waals surface area contributed by atoms with Gasteiger partial charge in [-0.2, -0.15) is 0 Å². The van der Waals surface area contributed by atoms with Crippen LogP contribution in [0.3, 0.4) is 0 Å². The molecule has 4 rings (SSSR count). The summed E-state index contributed by atoms with van der Waals surface area (Å²) in [5, 5.41) is 0. The van der Waals surface area contributed by atoms with Gasteiger partial charge in [0.15, 0.2) is 0 Å². The van der Waals surface area contributed by atoms with Crippen LogP contribution in [0, 0.1) is 11.8 Å². The highest BCUT2D eigenvalue weighted by Gasteiger charge is 2.30. The number of hydrogen-bond acceptors (Lipinski definition) is 1. The highest BCUT2D eigenvalue weighted by atomic mass is 14.7. The van der Waals surface area contributed by atoms with Gasteiger partial charge in [0.1, 0.15) is 0 Å². The van der Waals surface area contributed by atoms with Crippen molar-refractivity contribution in [3.63, 3.8) is 0 Å². The molecule has 1 aromatic carbocycles. The summed E-state index contributed by atoms with van der Waals surface area (Å²) in [5.74, 6) is 0.841. The molecule has 0 fully saturated rings. The number of aliphatic imine (C=N–C) groups is 1. The van der Waals surface area contributed by atoms with E-state index in [4.69, 9.17) is 0 Å². The molecule has 18 heavy (non-hydrogen) atoms. The lowest BCUT2D eigenvalue weighted by Crippen LogP contribution is -2.23. The molecule has 1 heteroatoms. The summed E-state index contributed by atoms with van der Waals surface area (Å²) in [4.78, 5) is 4.62. The summed E-state index contributed by atoms with van der Waals surface area (Å²) in [6.45, 7) is 0. The maximum absolute atomic E-state index is 4.62. The third kappa shape index (κ3) is 1.31. The Balaban J connectivity index is 1.91. The molecule has 0 saturated carbocycles. The van der Waals surface area contributed by atoms with Crippen molar-refractivity contribution in [3.8, 4) is 0 Å². The van der Waals surface area contributed by atoms with E-state index in [0.29, 0.717) is 11.8 Å². The second-order valence-corrected chi connectivity index (χ2v) is 4.88. The molecule has 2 atom stereocenters. The van der Waals surface area contributed by atoms with Crippen LogP contribution < -0.4 is 0 Å². The Morgan fingerprint density at radius 1 is 0.944 bits per heavy atom. The summed E-state index contributed by atoms with van der Waals surface area (Å²) in [6.07, 6.45) is 15.3. The van der Waals surface area contributed by atoms with Crippen molar-refractivity contribution in [2.45, 2.75) is 0 Å². The maximum Gasteiger partial charge on any atom is 0.0701 e. The summed E-state index contributed by atoms with van der Waals surface area (Å²) >= 11 is 0. The SMILES string of the molecule is C1=CC2=CC=C3c4ccccc4N=C[C@@H]3[C@H]2C=C1. The molecular formula is C17H13N. The highest BCUT2D eigenvalue weighted by Crippen LogP contribution is 2.43. The van der Waals surface area contributed by atoms with E-state index in [9.17, 15) is 0 Å². The van der Waals surface area contributed by atoms with Crippen LogP contribution in [-0.4, -0.2) is 6.21 Å². The van der Waals surface area contributed by atoms with Crippen molar-refractivity contribution in [1.82, 2.24) is 0 Å². The van der Waals surface area contributed by atoms with Gasteiger partial charge in [0, 0.05) is 23.6 Å². The molecule has 0 amide bonds. The van der Waals surface area contributed by atoms with Crippen molar-refractivity contribution in [1.29, 1.82) is 0 Å². The first-order chi connectivity index (χ1) is 8.93. The van der Waals surface area contributed by atoms with E-state index in [1.165, 1.54) is 16.7 Å². The third-order valence-corrected chi connectivity index (χ3v) is 3.89. The minimum atomic E-state index is 0.390. The van der Waals surface area contributed by atoms with Crippen LogP contribution in [0.1, 0.15) is 5.56 Å². The highest BCUT2D eigenvalue weighted by molar-refractivity contribution is 5.94. The molecule has 0 aromatic heterocycles. The number of benzene rings is 1. The van der Waals surface area contributed by atoms with Crippen molar-refractivity contribution in [2.75, 3.05) is 0 Å². The number of hydrogen-bond donors (Lipinski definition) is 0. The average Bonchev–Trinajstić information content (AvgIpc) is 2.46. The Hall–Kier alpha value is -2.15. The zero-order valence-corrected chi connectivity index (χ0v) is 9.95. The number of fused-ring (bicyclic) bond motifs is 5. The van der Waals surface area contributed by atoms with Gasteiger partial charge in [-0.05, 0) is 17.2 Å². The molecule has 0 saturated heterocycles. The summed E-state index contributed by atoms with van der Waals surface area (Å²) in [7, 11) is 0. The zero-order chi connectivity index (χ0) is 11.9. The van der Waals surface area contributed by atoms with Gasteiger partial charge in [0.05, 0.1) is 5.69 Å². The van der Waals surface area contributed by atoms with Gasteiger partial charge in [-0.1, -0.05) is 54.7 Å². The largest absolute Gasteiger partial charge is 0.260 e. The average molecular weight is 231 g/mol. The van der Waals surface area contributed by atoms with E-state index >= 15 is 0 Å². The second-order valence-electron chi connectivity index (χ2n) is 4.88. The van der Waals surface area contributed by atoms with Crippen LogP contribution in [-0.2, 0) is 0 Å². The first-order valence-electron chi connectivity index (χ1n) is 6.34. The van der Waals surface area contributed by atoms with Gasteiger partial charge < -0.3 is 0 Å². The summed E-state index contributed by atoms with van der Waals surface area (Å²) in [6, 6.07) is 8.39. The number of para-hydroxylation sites is 1. The molecule has 1 nitrogen and oxygen atoms in total. The van der Waals surface area contributed by atoms with Crippen LogP contribution >= 0.6 is 0 Å². The van der Waals surface area contributed by atoms with Crippen LogP contribution in [0.4, 0.5) is 5.69 Å². The van der Waals surface area contributed by atoms with E-state index in [0.717, 1.165) is 5.69 Å². The van der Waals surface area contributed by atoms with Gasteiger partial charge in [0.25, 0.3) is 0 Å². The molecule has 2 aliphatic carbocycles. The van der Waals surface area contributed by atoms with Crippen LogP contribution in [0.5, 0.6) is 0 Å². The van der Waals surface area contributed by atoms with Crippen LogP contribution in [0.25, 0.3) is 5.57 Å². The normalized spacial score (nSPS) is 26.9. The van der Waals surface area contributed by atoms with Crippen molar-refractivity contribution < 1.29 is 0 Å². The Morgan fingerprint density at radius 2 is 1.89 bits per heavy atom. The molecule has 1 aromatic rings. The summed E-state index contributed by atoms with van der Waals surface area (Å²) in [5.41, 5.74) is 5.15. The number of nitrogens with zero attached hydrogens (tertiary/aromatic N) is 1. The first-order valence-corrected chi connectivity index (χ1v) is 6.34. The lowest BCUT2D eigenvalue weighted by Gasteiger charge is -2.32. The lowest BCUT2D eigenvalue weighted by molar-refractivity contribution is 0.695. The predicted octanol–water partition coefficient (Wildman–Crippen LogP) is 4.08. The van der Waals surface area contributed by atoms with Crippen molar-refractivity contribution >= 4 is 17.5 Å². The fraction of sp³-hybridized carbons (Fsp3) is 0.118. The minimum absolute atomic E-state index is 0.390. The molecule has 86 valence electrons. The molecule has 0 N–H and O–H groups in total. The van der Waals surface area contributed by atoms with Crippen LogP contribution in [0.2, 0.25) is 0 Å². The van der Waals surface area contributed by atoms with Gasteiger partial charge in [-0.3, -0.25) is 4.99 Å². The Kier molecular flexibility index (Phi) is 2.01. The third-order valence-electron chi connectivity index (χ3n) is 3.89. The van der Waals surface area contributed by atoms with E-state index in [1.54, 1.807) is 0 Å². The molecule has 3 aliphatic rings. The molecule has 0 bridgehead atoms. The van der Waals surface area contributed by atoms with Gasteiger partial charge in [-0.25, -0.2) is 0 Å². The standard InChI is InChI=1S/C17H13N/c1-2-6-13-12(5-1)9-10-14-15-7-3-4-8-17(15)18-11-16(13)14/h1-11,13,16H/t13-,16+/m0/s1. The van der Waals surface area contributed by atoms with Crippen molar-refractivity contribution in [2.24, 2.45) is 16.8 Å².